The first-order chi connectivity index (χ1) is 18.1. The molecule has 0 unspecified atom stereocenters. The second-order valence-corrected chi connectivity index (χ2v) is 10.9. The third kappa shape index (κ3) is 35.7. The summed E-state index contributed by atoms with van der Waals surface area (Å²) in [6, 6.07) is 34.3. The van der Waals surface area contributed by atoms with Crippen LogP contribution in [0.25, 0.3) is 0 Å². The normalized spacial score (nSPS) is 12.3. The van der Waals surface area contributed by atoms with Crippen LogP contribution in [-0.4, -0.2) is 34.6 Å². The van der Waals surface area contributed by atoms with Crippen LogP contribution < -0.4 is 0 Å². The first-order valence-electron chi connectivity index (χ1n) is 14.0. The second-order valence-electron chi connectivity index (χ2n) is 10.9. The molecule has 4 rings (SSSR count). The Kier molecular flexibility index (Phi) is 27.3. The molecule has 214 valence electrons. The maximum atomic E-state index is 8.91. The van der Waals surface area contributed by atoms with E-state index in [9.17, 15) is 0 Å². The number of aryl methyl sites for hydroxylation is 1. The van der Waals surface area contributed by atoms with Crippen LogP contribution in [0.2, 0.25) is 0 Å². The van der Waals surface area contributed by atoms with E-state index in [0.29, 0.717) is 5.41 Å². The molecule has 3 heteroatoms. The topological polar surface area (TPSA) is 60.7 Å². The van der Waals surface area contributed by atoms with Gasteiger partial charge in [0.2, 0.25) is 0 Å². The molecule has 1 fully saturated rings. The van der Waals surface area contributed by atoms with Crippen molar-refractivity contribution in [2.24, 2.45) is 11.3 Å². The fourth-order valence-corrected chi connectivity index (χ4v) is 3.61. The lowest BCUT2D eigenvalue weighted by molar-refractivity contribution is 0.130. The van der Waals surface area contributed by atoms with Crippen LogP contribution >= 0.6 is 0 Å². The summed E-state index contributed by atoms with van der Waals surface area (Å²) in [6.07, 6.45) is 7.25. The predicted molar refractivity (Wildman–Crippen MR) is 166 cm³/mol. The lowest BCUT2D eigenvalue weighted by Gasteiger charge is -2.19. The molecule has 0 saturated heterocycles. The van der Waals surface area contributed by atoms with Gasteiger partial charge in [0.1, 0.15) is 0 Å². The van der Waals surface area contributed by atoms with Crippen LogP contribution in [-0.2, 0) is 0 Å². The lowest BCUT2D eigenvalue weighted by atomic mass is 9.86. The minimum absolute atomic E-state index is 0.0359. The molecule has 38 heavy (non-hydrogen) atoms. The van der Waals surface area contributed by atoms with Gasteiger partial charge >= 0.3 is 0 Å². The lowest BCUT2D eigenvalue weighted by Crippen LogP contribution is -2.09. The first-order valence-corrected chi connectivity index (χ1v) is 14.0. The van der Waals surface area contributed by atoms with E-state index in [1.807, 2.05) is 91.0 Å². The number of aliphatic hydroxyl groups excluding tert-OH is 3. The van der Waals surface area contributed by atoms with Gasteiger partial charge in [-0.3, -0.25) is 0 Å². The molecule has 3 aromatic carbocycles. The summed E-state index contributed by atoms with van der Waals surface area (Å²) in [6.45, 7) is 13.2. The molecule has 3 N–H and O–H groups in total. The van der Waals surface area contributed by atoms with Crippen LogP contribution in [0.15, 0.2) is 103 Å². The molecule has 0 aliphatic heterocycles. The molecular weight excluding hydrogens is 468 g/mol. The number of aliphatic hydroxyl groups is 3. The molecule has 0 aromatic heterocycles. The summed E-state index contributed by atoms with van der Waals surface area (Å²) in [5.41, 5.74) is 1.84. The van der Waals surface area contributed by atoms with Crippen LogP contribution in [0.3, 0.4) is 0 Å². The minimum Gasteiger partial charge on any atom is -0.394 e. The van der Waals surface area contributed by atoms with Gasteiger partial charge in [0.25, 0.3) is 0 Å². The molecule has 3 nitrogen and oxygen atoms in total. The van der Waals surface area contributed by atoms with E-state index < -0.39 is 0 Å². The first kappa shape index (κ1) is 37.7. The van der Waals surface area contributed by atoms with Crippen molar-refractivity contribution in [2.75, 3.05) is 13.2 Å². The van der Waals surface area contributed by atoms with Crippen molar-refractivity contribution < 1.29 is 15.3 Å². The average Bonchev–Trinajstić information content (AvgIpc) is 2.92. The highest BCUT2D eigenvalue weighted by Crippen LogP contribution is 2.23. The fraction of sp³-hybridized carbons (Fsp3) is 0.486. The van der Waals surface area contributed by atoms with E-state index in [1.165, 1.54) is 31.2 Å². The molecule has 0 bridgehead atoms. The van der Waals surface area contributed by atoms with Crippen molar-refractivity contribution in [3.05, 3.63) is 109 Å². The third-order valence-electron chi connectivity index (χ3n) is 4.97. The molecule has 1 aliphatic carbocycles. The quantitative estimate of drug-likeness (QED) is 0.314. The van der Waals surface area contributed by atoms with E-state index in [1.54, 1.807) is 0 Å². The number of hydrogen-bond donors (Lipinski definition) is 3. The zero-order valence-electron chi connectivity index (χ0n) is 25.0. The van der Waals surface area contributed by atoms with E-state index in [-0.39, 0.29) is 19.3 Å². The van der Waals surface area contributed by atoms with Gasteiger partial charge in [-0.05, 0) is 37.5 Å². The zero-order valence-corrected chi connectivity index (χ0v) is 25.0. The highest BCUT2D eigenvalue weighted by Gasteiger charge is 2.11. The standard InChI is InChI=1S/C8H18.C7H8.C6H12O.2C6H6.C2H6O2/c1-7(2)6-8(3,4)5;1-7-5-3-2-4-6-7;7-6-4-2-1-3-5-6;2*1-2-4-6-5-3-1;3-1-2-4/h7H,6H2,1-5H3;2-6H,1H3;6-7H,1-5H2;2*1-6H;3-4H,1-2H2. The highest BCUT2D eigenvalue weighted by molar-refractivity contribution is 5.11. The molecule has 0 atom stereocenters. The number of hydrogen-bond acceptors (Lipinski definition) is 3. The summed E-state index contributed by atoms with van der Waals surface area (Å²) < 4.78 is 0. The van der Waals surface area contributed by atoms with Gasteiger partial charge in [0.15, 0.2) is 0 Å². The van der Waals surface area contributed by atoms with Crippen LogP contribution in [0.4, 0.5) is 0 Å². The van der Waals surface area contributed by atoms with Gasteiger partial charge < -0.3 is 15.3 Å². The van der Waals surface area contributed by atoms with Gasteiger partial charge in [0.05, 0.1) is 19.3 Å². The Labute approximate surface area is 234 Å². The summed E-state index contributed by atoms with van der Waals surface area (Å²) in [5.74, 6) is 0.843. The van der Waals surface area contributed by atoms with E-state index >= 15 is 0 Å². The third-order valence-corrected chi connectivity index (χ3v) is 4.97. The fourth-order valence-electron chi connectivity index (χ4n) is 3.61. The Morgan fingerprint density at radius 3 is 1.08 bits per heavy atom. The monoisotopic (exact) mass is 524 g/mol. The molecule has 0 heterocycles. The van der Waals surface area contributed by atoms with Gasteiger partial charge in [0, 0.05) is 0 Å². The van der Waals surface area contributed by atoms with Crippen molar-refractivity contribution >= 4 is 0 Å². The Balaban J connectivity index is 0. The van der Waals surface area contributed by atoms with Gasteiger partial charge in [-0.25, -0.2) is 0 Å². The second kappa shape index (κ2) is 27.6. The zero-order chi connectivity index (χ0) is 28.9. The Morgan fingerprint density at radius 2 is 0.947 bits per heavy atom. The van der Waals surface area contributed by atoms with Crippen molar-refractivity contribution in [3.63, 3.8) is 0 Å². The summed E-state index contributed by atoms with van der Waals surface area (Å²) in [5, 5.41) is 24.2. The highest BCUT2D eigenvalue weighted by atomic mass is 16.3. The largest absolute Gasteiger partial charge is 0.394 e. The molecule has 1 aliphatic rings. The molecule has 0 radical (unpaired) electrons. The molecule has 1 saturated carbocycles. The minimum atomic E-state index is -0.125. The van der Waals surface area contributed by atoms with Gasteiger partial charge in [-0.2, -0.15) is 0 Å². The van der Waals surface area contributed by atoms with E-state index in [0.717, 1.165) is 18.8 Å². The smallest absolute Gasteiger partial charge is 0.0662 e. The summed E-state index contributed by atoms with van der Waals surface area (Å²) in [4.78, 5) is 0. The van der Waals surface area contributed by atoms with Crippen LogP contribution in [0.5, 0.6) is 0 Å². The molecule has 0 amide bonds. The number of benzene rings is 3. The maximum absolute atomic E-state index is 8.91. The maximum Gasteiger partial charge on any atom is 0.0662 e. The van der Waals surface area contributed by atoms with Gasteiger partial charge in [-0.15, -0.1) is 0 Å². The van der Waals surface area contributed by atoms with Crippen molar-refractivity contribution in [3.8, 4) is 0 Å². The average molecular weight is 525 g/mol. The summed E-state index contributed by atoms with van der Waals surface area (Å²) >= 11 is 0. The van der Waals surface area contributed by atoms with Crippen molar-refractivity contribution in [2.45, 2.75) is 86.2 Å². The predicted octanol–water partition coefficient (Wildman–Crippen LogP) is 8.73. The van der Waals surface area contributed by atoms with Crippen molar-refractivity contribution in [1.29, 1.82) is 0 Å². The van der Waals surface area contributed by atoms with Crippen LogP contribution in [0, 0.1) is 18.3 Å². The molecular formula is C35H56O3. The van der Waals surface area contributed by atoms with Gasteiger partial charge in [-0.1, -0.05) is 163 Å². The van der Waals surface area contributed by atoms with E-state index in [4.69, 9.17) is 15.3 Å². The Bertz CT molecular complexity index is 691. The Morgan fingerprint density at radius 1 is 0.632 bits per heavy atom. The van der Waals surface area contributed by atoms with Crippen molar-refractivity contribution in [1.82, 2.24) is 0 Å². The number of rotatable bonds is 2. The molecule has 0 spiro atoms. The van der Waals surface area contributed by atoms with Crippen LogP contribution in [0.1, 0.15) is 78.7 Å². The molecule has 3 aromatic rings. The summed E-state index contributed by atoms with van der Waals surface area (Å²) in [7, 11) is 0. The van der Waals surface area contributed by atoms with E-state index in [2.05, 4.69) is 53.7 Å². The Hall–Kier alpha value is -2.46. The SMILES string of the molecule is CC(C)CC(C)(C)C.Cc1ccccc1.OC1CCCCC1.OCCO.c1ccccc1.c1ccccc1.